The van der Waals surface area contributed by atoms with Gasteiger partial charge in [-0.25, -0.2) is 9.97 Å². The van der Waals surface area contributed by atoms with Crippen molar-refractivity contribution in [1.29, 1.82) is 0 Å². The van der Waals surface area contributed by atoms with Crippen LogP contribution in [0.5, 0.6) is 0 Å². The van der Waals surface area contributed by atoms with Crippen LogP contribution in [-0.2, 0) is 0 Å². The average molecular weight is 227 g/mol. The molecule has 2 rings (SSSR count). The number of hydrogen-bond acceptors (Lipinski definition) is 3. The van der Waals surface area contributed by atoms with Gasteiger partial charge < -0.3 is 0 Å². The number of aryl methyl sites for hydroxylation is 2. The van der Waals surface area contributed by atoms with Crippen molar-refractivity contribution in [2.24, 2.45) is 0 Å². The van der Waals surface area contributed by atoms with Gasteiger partial charge in [0.05, 0.1) is 0 Å². The number of rotatable bonds is 2. The van der Waals surface area contributed by atoms with E-state index >= 15 is 0 Å². The first-order valence-electron chi connectivity index (χ1n) is 5.84. The van der Waals surface area contributed by atoms with Crippen LogP contribution in [0.3, 0.4) is 0 Å². The van der Waals surface area contributed by atoms with Crippen molar-refractivity contribution in [2.75, 3.05) is 0 Å². The molecule has 0 aromatic carbocycles. The van der Waals surface area contributed by atoms with Crippen LogP contribution in [0.15, 0.2) is 24.7 Å². The Morgan fingerprint density at radius 2 is 1.59 bits per heavy atom. The maximum Gasteiger partial charge on any atom is 0.115 e. The van der Waals surface area contributed by atoms with Crippen LogP contribution in [0.1, 0.15) is 36.8 Å². The Balaban J connectivity index is 2.47. The molecule has 0 spiro atoms. The first kappa shape index (κ1) is 11.7. The van der Waals surface area contributed by atoms with Gasteiger partial charge in [-0.2, -0.15) is 0 Å². The minimum atomic E-state index is 0.457. The summed E-state index contributed by atoms with van der Waals surface area (Å²) in [5.41, 5.74) is 5.29. The Morgan fingerprint density at radius 1 is 0.941 bits per heavy atom. The summed E-state index contributed by atoms with van der Waals surface area (Å²) in [5.74, 6) is 0.457. The third kappa shape index (κ3) is 2.33. The van der Waals surface area contributed by atoms with Gasteiger partial charge in [0.25, 0.3) is 0 Å². The lowest BCUT2D eigenvalue weighted by molar-refractivity contribution is 0.823. The van der Waals surface area contributed by atoms with Crippen molar-refractivity contribution in [3.05, 3.63) is 41.7 Å². The van der Waals surface area contributed by atoms with Crippen molar-refractivity contribution in [1.82, 2.24) is 15.0 Å². The van der Waals surface area contributed by atoms with Gasteiger partial charge in [-0.1, -0.05) is 19.9 Å². The van der Waals surface area contributed by atoms with Crippen molar-refractivity contribution in [3.63, 3.8) is 0 Å². The molecular weight excluding hydrogens is 210 g/mol. The third-order valence-electron chi connectivity index (χ3n) is 2.89. The van der Waals surface area contributed by atoms with Crippen molar-refractivity contribution in [2.45, 2.75) is 33.6 Å². The summed E-state index contributed by atoms with van der Waals surface area (Å²) < 4.78 is 0. The lowest BCUT2D eigenvalue weighted by Crippen LogP contribution is -1.97. The van der Waals surface area contributed by atoms with Gasteiger partial charge in [0.1, 0.15) is 6.33 Å². The predicted molar refractivity (Wildman–Crippen MR) is 68.8 cm³/mol. The molecule has 88 valence electrons. The molecule has 0 bridgehead atoms. The molecule has 0 aliphatic carbocycles. The zero-order valence-corrected chi connectivity index (χ0v) is 10.7. The van der Waals surface area contributed by atoms with E-state index in [0.717, 1.165) is 28.2 Å². The number of aromatic nitrogens is 3. The molecule has 0 saturated heterocycles. The first-order valence-corrected chi connectivity index (χ1v) is 5.84. The van der Waals surface area contributed by atoms with E-state index < -0.39 is 0 Å². The molecule has 3 heteroatoms. The SMILES string of the molecule is Cc1ncnc(C)c1-c1ccc(C(C)C)nc1. The van der Waals surface area contributed by atoms with Crippen molar-refractivity contribution in [3.8, 4) is 11.1 Å². The average Bonchev–Trinajstić information content (AvgIpc) is 2.29. The standard InChI is InChI=1S/C14H17N3/c1-9(2)13-6-5-12(7-15-13)14-10(3)16-8-17-11(14)4/h5-9H,1-4H3. The molecule has 2 aromatic rings. The van der Waals surface area contributed by atoms with Crippen LogP contribution < -0.4 is 0 Å². The second-order valence-electron chi connectivity index (χ2n) is 4.55. The lowest BCUT2D eigenvalue weighted by Gasteiger charge is -2.09. The minimum absolute atomic E-state index is 0.457. The Kier molecular flexibility index (Phi) is 3.18. The highest BCUT2D eigenvalue weighted by Crippen LogP contribution is 2.24. The quantitative estimate of drug-likeness (QED) is 0.790. The third-order valence-corrected chi connectivity index (χ3v) is 2.89. The fourth-order valence-electron chi connectivity index (χ4n) is 1.91. The molecule has 0 atom stereocenters. The monoisotopic (exact) mass is 227 g/mol. The lowest BCUT2D eigenvalue weighted by atomic mass is 10.0. The van der Waals surface area contributed by atoms with Crippen LogP contribution in [0.25, 0.3) is 11.1 Å². The maximum absolute atomic E-state index is 4.48. The van der Waals surface area contributed by atoms with Gasteiger partial charge in [-0.3, -0.25) is 4.98 Å². The van der Waals surface area contributed by atoms with Gasteiger partial charge >= 0.3 is 0 Å². The summed E-state index contributed by atoms with van der Waals surface area (Å²) >= 11 is 0. The summed E-state index contributed by atoms with van der Waals surface area (Å²) in [6.45, 7) is 8.29. The zero-order chi connectivity index (χ0) is 12.4. The van der Waals surface area contributed by atoms with Gasteiger partial charge in [-0.15, -0.1) is 0 Å². The number of hydrogen-bond donors (Lipinski definition) is 0. The molecule has 0 amide bonds. The van der Waals surface area contributed by atoms with E-state index in [9.17, 15) is 0 Å². The van der Waals surface area contributed by atoms with E-state index in [4.69, 9.17) is 0 Å². The molecule has 0 N–H and O–H groups in total. The summed E-state index contributed by atoms with van der Waals surface area (Å²) in [6.07, 6.45) is 3.51. The van der Waals surface area contributed by atoms with Crippen LogP contribution in [0.2, 0.25) is 0 Å². The first-order chi connectivity index (χ1) is 8.09. The summed E-state index contributed by atoms with van der Waals surface area (Å²) in [4.78, 5) is 13.0. The second-order valence-corrected chi connectivity index (χ2v) is 4.55. The summed E-state index contributed by atoms with van der Waals surface area (Å²) in [6, 6.07) is 4.17. The fourth-order valence-corrected chi connectivity index (χ4v) is 1.91. The summed E-state index contributed by atoms with van der Waals surface area (Å²) in [5, 5.41) is 0. The van der Waals surface area contributed by atoms with Crippen LogP contribution in [-0.4, -0.2) is 15.0 Å². The smallest absolute Gasteiger partial charge is 0.115 e. The molecule has 0 saturated carbocycles. The fraction of sp³-hybridized carbons (Fsp3) is 0.357. The number of pyridine rings is 1. The Bertz CT molecular complexity index is 495. The second kappa shape index (κ2) is 4.62. The van der Waals surface area contributed by atoms with Crippen LogP contribution >= 0.6 is 0 Å². The van der Waals surface area contributed by atoms with E-state index in [1.807, 2.05) is 20.0 Å². The van der Waals surface area contributed by atoms with E-state index in [2.05, 4.69) is 40.9 Å². The molecule has 0 fully saturated rings. The Labute approximate surface area is 102 Å². The maximum atomic E-state index is 4.48. The molecule has 2 heterocycles. The van der Waals surface area contributed by atoms with E-state index in [-0.39, 0.29) is 0 Å². The van der Waals surface area contributed by atoms with Crippen molar-refractivity contribution >= 4 is 0 Å². The Morgan fingerprint density at radius 3 is 2.06 bits per heavy atom. The van der Waals surface area contributed by atoms with Gasteiger partial charge in [-0.05, 0) is 25.8 Å². The van der Waals surface area contributed by atoms with Crippen LogP contribution in [0.4, 0.5) is 0 Å². The Hall–Kier alpha value is -1.77. The van der Waals surface area contributed by atoms with E-state index in [0.29, 0.717) is 5.92 Å². The zero-order valence-electron chi connectivity index (χ0n) is 10.7. The predicted octanol–water partition coefficient (Wildman–Crippen LogP) is 3.28. The van der Waals surface area contributed by atoms with Gasteiger partial charge in [0.2, 0.25) is 0 Å². The molecule has 0 unspecified atom stereocenters. The van der Waals surface area contributed by atoms with Gasteiger partial charge in [0.15, 0.2) is 0 Å². The largest absolute Gasteiger partial charge is 0.260 e. The van der Waals surface area contributed by atoms with Gasteiger partial charge in [0, 0.05) is 34.4 Å². The molecule has 17 heavy (non-hydrogen) atoms. The highest BCUT2D eigenvalue weighted by Gasteiger charge is 2.08. The molecule has 3 nitrogen and oxygen atoms in total. The topological polar surface area (TPSA) is 38.7 Å². The summed E-state index contributed by atoms with van der Waals surface area (Å²) in [7, 11) is 0. The van der Waals surface area contributed by atoms with Crippen LogP contribution in [0, 0.1) is 13.8 Å². The number of nitrogens with zero attached hydrogens (tertiary/aromatic N) is 3. The van der Waals surface area contributed by atoms with E-state index in [1.165, 1.54) is 0 Å². The molecular formula is C14H17N3. The molecule has 0 aliphatic rings. The minimum Gasteiger partial charge on any atom is -0.260 e. The van der Waals surface area contributed by atoms with E-state index in [1.54, 1.807) is 6.33 Å². The molecule has 0 aliphatic heterocycles. The molecule has 2 aromatic heterocycles. The highest BCUT2D eigenvalue weighted by atomic mass is 14.8. The van der Waals surface area contributed by atoms with Crippen molar-refractivity contribution < 1.29 is 0 Å². The normalized spacial score (nSPS) is 10.9. The highest BCUT2D eigenvalue weighted by molar-refractivity contribution is 5.67. The molecule has 0 radical (unpaired) electrons.